The fourth-order valence-electron chi connectivity index (χ4n) is 2.16. The first kappa shape index (κ1) is 14.3. The van der Waals surface area contributed by atoms with E-state index in [1.807, 2.05) is 7.05 Å². The van der Waals surface area contributed by atoms with Gasteiger partial charge in [0, 0.05) is 32.2 Å². The van der Waals surface area contributed by atoms with E-state index >= 15 is 0 Å². The summed E-state index contributed by atoms with van der Waals surface area (Å²) in [5.41, 5.74) is -0.646. The number of carbonyl (C=O) groups excluding carboxylic acids is 1. The first-order valence-electron chi connectivity index (χ1n) is 6.38. The summed E-state index contributed by atoms with van der Waals surface area (Å²) >= 11 is 0. The maximum Gasteiger partial charge on any atom is 0.352 e. The molecule has 1 N–H and O–H groups in total. The van der Waals surface area contributed by atoms with Crippen molar-refractivity contribution in [2.75, 3.05) is 33.2 Å². The van der Waals surface area contributed by atoms with Crippen LogP contribution in [0.2, 0.25) is 0 Å². The van der Waals surface area contributed by atoms with E-state index < -0.39 is 11.5 Å². The van der Waals surface area contributed by atoms with Gasteiger partial charge in [0.1, 0.15) is 12.2 Å². The second-order valence-electron chi connectivity index (χ2n) is 4.82. The van der Waals surface area contributed by atoms with Crippen molar-refractivity contribution in [1.82, 2.24) is 14.4 Å². The van der Waals surface area contributed by atoms with Crippen molar-refractivity contribution in [1.29, 1.82) is 0 Å². The van der Waals surface area contributed by atoms with Crippen molar-refractivity contribution in [2.24, 2.45) is 0 Å². The van der Waals surface area contributed by atoms with Gasteiger partial charge in [0.05, 0.1) is 0 Å². The summed E-state index contributed by atoms with van der Waals surface area (Å²) < 4.78 is 1.00. The molecule has 0 bridgehead atoms. The molecule has 0 unspecified atom stereocenters. The molecule has 1 aromatic heterocycles. The lowest BCUT2D eigenvalue weighted by atomic mass is 10.3. The van der Waals surface area contributed by atoms with Gasteiger partial charge in [0.15, 0.2) is 0 Å². The molecule has 1 saturated heterocycles. The third kappa shape index (κ3) is 3.05. The number of pyridine rings is 1. The number of rotatable bonds is 3. The summed E-state index contributed by atoms with van der Waals surface area (Å²) in [6.07, 6.45) is 0. The van der Waals surface area contributed by atoms with Gasteiger partial charge in [0.25, 0.3) is 5.56 Å². The molecule has 7 heteroatoms. The molecule has 0 aliphatic carbocycles. The molecule has 108 valence electrons. The summed E-state index contributed by atoms with van der Waals surface area (Å²) in [4.78, 5) is 38.7. The third-order valence-corrected chi connectivity index (χ3v) is 3.42. The molecular weight excluding hydrogens is 262 g/mol. The Bertz CT molecular complexity index is 573. The molecule has 0 aromatic carbocycles. The summed E-state index contributed by atoms with van der Waals surface area (Å²) in [5.74, 6) is -1.44. The van der Waals surface area contributed by atoms with Gasteiger partial charge >= 0.3 is 5.97 Å². The van der Waals surface area contributed by atoms with Crippen LogP contribution in [0.25, 0.3) is 0 Å². The van der Waals surface area contributed by atoms with Crippen LogP contribution in [0.5, 0.6) is 0 Å². The lowest BCUT2D eigenvalue weighted by Crippen LogP contribution is -2.48. The van der Waals surface area contributed by atoms with Crippen LogP contribution >= 0.6 is 0 Å². The third-order valence-electron chi connectivity index (χ3n) is 3.42. The van der Waals surface area contributed by atoms with Crippen molar-refractivity contribution in [3.05, 3.63) is 34.2 Å². The minimum atomic E-state index is -1.21. The maximum absolute atomic E-state index is 12.2. The first-order valence-corrected chi connectivity index (χ1v) is 6.38. The number of carbonyl (C=O) groups is 2. The number of carboxylic acid groups (broad SMARTS) is 1. The van der Waals surface area contributed by atoms with Gasteiger partial charge in [-0.05, 0) is 13.1 Å². The molecule has 1 amide bonds. The van der Waals surface area contributed by atoms with Crippen molar-refractivity contribution in [3.8, 4) is 0 Å². The number of hydrogen-bond acceptors (Lipinski definition) is 4. The fraction of sp³-hybridized carbons (Fsp3) is 0.462. The van der Waals surface area contributed by atoms with Crippen LogP contribution in [0.15, 0.2) is 23.0 Å². The van der Waals surface area contributed by atoms with E-state index in [1.54, 1.807) is 4.90 Å². The van der Waals surface area contributed by atoms with Crippen LogP contribution in [-0.2, 0) is 11.3 Å². The van der Waals surface area contributed by atoms with E-state index in [0.29, 0.717) is 13.1 Å². The first-order chi connectivity index (χ1) is 9.49. The number of carboxylic acids is 1. The average molecular weight is 279 g/mol. The van der Waals surface area contributed by atoms with Gasteiger partial charge < -0.3 is 14.9 Å². The Balaban J connectivity index is 2.16. The summed E-state index contributed by atoms with van der Waals surface area (Å²) in [7, 11) is 1.98. The largest absolute Gasteiger partial charge is 0.477 e. The standard InChI is InChI=1S/C13H17N3O4/c1-14-5-7-15(8-6-14)12(18)9-16-10(13(19)20)3-2-4-11(16)17/h2-4H,5-9H2,1H3,(H,19,20). The van der Waals surface area contributed by atoms with Gasteiger partial charge in [0.2, 0.25) is 5.91 Å². The highest BCUT2D eigenvalue weighted by atomic mass is 16.4. The van der Waals surface area contributed by atoms with E-state index in [9.17, 15) is 14.4 Å². The normalized spacial score (nSPS) is 16.1. The topological polar surface area (TPSA) is 82.8 Å². The minimum absolute atomic E-state index is 0.167. The Hall–Kier alpha value is -2.15. The van der Waals surface area contributed by atoms with Crippen LogP contribution in [-0.4, -0.2) is 64.6 Å². The van der Waals surface area contributed by atoms with Gasteiger partial charge in [-0.25, -0.2) is 4.79 Å². The van der Waals surface area contributed by atoms with E-state index in [4.69, 9.17) is 5.11 Å². The Morgan fingerprint density at radius 2 is 1.85 bits per heavy atom. The Labute approximate surface area is 116 Å². The lowest BCUT2D eigenvalue weighted by Gasteiger charge is -2.32. The summed E-state index contributed by atoms with van der Waals surface area (Å²) in [6, 6.07) is 3.95. The highest BCUT2D eigenvalue weighted by molar-refractivity contribution is 5.86. The lowest BCUT2D eigenvalue weighted by molar-refractivity contribution is -0.133. The fourth-order valence-corrected chi connectivity index (χ4v) is 2.16. The molecule has 1 fully saturated rings. The maximum atomic E-state index is 12.2. The van der Waals surface area contributed by atoms with Crippen molar-refractivity contribution in [3.63, 3.8) is 0 Å². The van der Waals surface area contributed by atoms with Crippen LogP contribution in [0.3, 0.4) is 0 Å². The second-order valence-corrected chi connectivity index (χ2v) is 4.82. The number of nitrogens with zero attached hydrogens (tertiary/aromatic N) is 3. The number of amides is 1. The highest BCUT2D eigenvalue weighted by Gasteiger charge is 2.21. The SMILES string of the molecule is CN1CCN(C(=O)Cn2c(C(=O)O)cccc2=O)CC1. The van der Waals surface area contributed by atoms with Gasteiger partial charge in [-0.1, -0.05) is 6.07 Å². The molecule has 2 rings (SSSR count). The molecule has 1 aromatic rings. The molecule has 1 aliphatic rings. The zero-order chi connectivity index (χ0) is 14.7. The Kier molecular flexibility index (Phi) is 4.19. The van der Waals surface area contributed by atoms with Crippen molar-refractivity contribution < 1.29 is 14.7 Å². The zero-order valence-corrected chi connectivity index (χ0v) is 11.3. The van der Waals surface area contributed by atoms with Crippen LogP contribution in [0.4, 0.5) is 0 Å². The van der Waals surface area contributed by atoms with Gasteiger partial charge in [-0.2, -0.15) is 0 Å². The molecular formula is C13H17N3O4. The van der Waals surface area contributed by atoms with E-state index in [1.165, 1.54) is 18.2 Å². The zero-order valence-electron chi connectivity index (χ0n) is 11.3. The van der Waals surface area contributed by atoms with Gasteiger partial charge in [-0.15, -0.1) is 0 Å². The number of aromatic nitrogens is 1. The van der Waals surface area contributed by atoms with E-state index in [0.717, 1.165) is 17.7 Å². The molecule has 2 heterocycles. The monoisotopic (exact) mass is 279 g/mol. The minimum Gasteiger partial charge on any atom is -0.477 e. The molecule has 0 spiro atoms. The van der Waals surface area contributed by atoms with E-state index in [2.05, 4.69) is 4.90 Å². The number of hydrogen-bond donors (Lipinski definition) is 1. The molecule has 1 aliphatic heterocycles. The average Bonchev–Trinajstić information content (AvgIpc) is 2.41. The predicted octanol–water partition coefficient (Wildman–Crippen LogP) is -0.679. The van der Waals surface area contributed by atoms with E-state index in [-0.39, 0.29) is 18.1 Å². The highest BCUT2D eigenvalue weighted by Crippen LogP contribution is 2.03. The molecule has 0 saturated carbocycles. The molecule has 0 atom stereocenters. The molecule has 0 radical (unpaired) electrons. The smallest absolute Gasteiger partial charge is 0.352 e. The van der Waals surface area contributed by atoms with Gasteiger partial charge in [-0.3, -0.25) is 14.2 Å². The molecule has 7 nitrogen and oxygen atoms in total. The Morgan fingerprint density at radius 1 is 1.20 bits per heavy atom. The van der Waals surface area contributed by atoms with Crippen LogP contribution in [0.1, 0.15) is 10.5 Å². The van der Waals surface area contributed by atoms with Crippen LogP contribution < -0.4 is 5.56 Å². The van der Waals surface area contributed by atoms with Crippen molar-refractivity contribution >= 4 is 11.9 Å². The van der Waals surface area contributed by atoms with Crippen LogP contribution in [0, 0.1) is 0 Å². The number of likely N-dealkylation sites (N-methyl/N-ethyl adjacent to an activating group) is 1. The number of aromatic carboxylic acids is 1. The number of piperazine rings is 1. The second kappa shape index (κ2) is 5.87. The predicted molar refractivity (Wildman–Crippen MR) is 71.7 cm³/mol. The Morgan fingerprint density at radius 3 is 2.45 bits per heavy atom. The van der Waals surface area contributed by atoms with Crippen molar-refractivity contribution in [2.45, 2.75) is 6.54 Å². The summed E-state index contributed by atoms with van der Waals surface area (Å²) in [6.45, 7) is 2.52. The summed E-state index contributed by atoms with van der Waals surface area (Å²) in [5, 5.41) is 9.06. The quantitative estimate of drug-likeness (QED) is 0.792. The molecule has 20 heavy (non-hydrogen) atoms.